The number of aromatic nitrogens is 1. The van der Waals surface area contributed by atoms with Crippen molar-refractivity contribution in [2.75, 3.05) is 25.5 Å². The van der Waals surface area contributed by atoms with E-state index in [1.165, 1.54) is 16.2 Å². The van der Waals surface area contributed by atoms with Gasteiger partial charge in [-0.3, -0.25) is 4.79 Å². The third-order valence-corrected chi connectivity index (χ3v) is 4.53. The van der Waals surface area contributed by atoms with Crippen LogP contribution >= 0.6 is 27.3 Å². The molecule has 0 aliphatic heterocycles. The van der Waals surface area contributed by atoms with Gasteiger partial charge in [-0.25, -0.2) is 9.78 Å². The van der Waals surface area contributed by atoms with Crippen LogP contribution in [0.4, 0.5) is 5.13 Å². The van der Waals surface area contributed by atoms with E-state index in [2.05, 4.69) is 32.8 Å². The molecule has 6 nitrogen and oxygen atoms in total. The quantitative estimate of drug-likeness (QED) is 0.520. The van der Waals surface area contributed by atoms with Crippen LogP contribution in [-0.4, -0.2) is 42.0 Å². The Kier molecular flexibility index (Phi) is 7.15. The molecule has 1 aromatic heterocycles. The van der Waals surface area contributed by atoms with Gasteiger partial charge in [0.1, 0.15) is 0 Å². The van der Waals surface area contributed by atoms with Crippen molar-refractivity contribution in [1.82, 2.24) is 9.88 Å². The number of amides is 1. The molecule has 1 amide bonds. The van der Waals surface area contributed by atoms with Crippen molar-refractivity contribution in [3.63, 3.8) is 0 Å². The Morgan fingerprint density at radius 1 is 1.40 bits per heavy atom. The van der Waals surface area contributed by atoms with Crippen LogP contribution in [0.5, 0.6) is 0 Å². The van der Waals surface area contributed by atoms with E-state index < -0.39 is 5.97 Å². The minimum Gasteiger partial charge on any atom is -0.451 e. The molecule has 0 fully saturated rings. The Morgan fingerprint density at radius 2 is 2.12 bits per heavy atom. The Morgan fingerprint density at radius 3 is 2.80 bits per heavy atom. The molecule has 2 rings (SSSR count). The summed E-state index contributed by atoms with van der Waals surface area (Å²) in [6.07, 6.45) is 1.69. The number of benzene rings is 1. The molecule has 0 aliphatic rings. The second-order valence-corrected chi connectivity index (χ2v) is 6.93. The van der Waals surface area contributed by atoms with Gasteiger partial charge >= 0.3 is 5.97 Å². The SMILES string of the molecule is C=CCNc1nc(C(=O)OCC(=O)N(C)Cc2ccc(Br)cc2)cs1. The minimum absolute atomic E-state index is 0.180. The highest BCUT2D eigenvalue weighted by Gasteiger charge is 2.16. The molecular formula is C17H18BrN3O3S. The van der Waals surface area contributed by atoms with Gasteiger partial charge in [-0.1, -0.05) is 34.1 Å². The molecule has 0 aliphatic carbocycles. The maximum atomic E-state index is 12.1. The van der Waals surface area contributed by atoms with Crippen LogP contribution in [0.3, 0.4) is 0 Å². The number of ether oxygens (including phenoxy) is 1. The van der Waals surface area contributed by atoms with Crippen LogP contribution in [0.1, 0.15) is 16.1 Å². The number of anilines is 1. The zero-order chi connectivity index (χ0) is 18.2. The highest BCUT2D eigenvalue weighted by molar-refractivity contribution is 9.10. The predicted molar refractivity (Wildman–Crippen MR) is 102 cm³/mol. The van der Waals surface area contributed by atoms with Gasteiger partial charge in [0.2, 0.25) is 0 Å². The van der Waals surface area contributed by atoms with E-state index in [-0.39, 0.29) is 18.2 Å². The lowest BCUT2D eigenvalue weighted by Gasteiger charge is -2.17. The number of esters is 1. The van der Waals surface area contributed by atoms with Crippen molar-refractivity contribution in [3.8, 4) is 0 Å². The van der Waals surface area contributed by atoms with Crippen LogP contribution in [0.2, 0.25) is 0 Å². The van der Waals surface area contributed by atoms with Crippen molar-refractivity contribution in [2.45, 2.75) is 6.54 Å². The number of likely N-dealkylation sites (N-methyl/N-ethyl adjacent to an activating group) is 1. The van der Waals surface area contributed by atoms with Gasteiger partial charge in [0.05, 0.1) is 0 Å². The zero-order valence-electron chi connectivity index (χ0n) is 13.7. The Labute approximate surface area is 158 Å². The van der Waals surface area contributed by atoms with Crippen LogP contribution in [0, 0.1) is 0 Å². The molecule has 0 saturated heterocycles. The molecule has 132 valence electrons. The molecule has 0 atom stereocenters. The van der Waals surface area contributed by atoms with Crippen LogP contribution < -0.4 is 5.32 Å². The first kappa shape index (κ1) is 19.1. The average Bonchev–Trinajstić information content (AvgIpc) is 3.08. The fourth-order valence-corrected chi connectivity index (χ4v) is 2.83. The summed E-state index contributed by atoms with van der Waals surface area (Å²) >= 11 is 4.66. The summed E-state index contributed by atoms with van der Waals surface area (Å²) < 4.78 is 6.02. The molecule has 8 heteroatoms. The summed E-state index contributed by atoms with van der Waals surface area (Å²) in [6, 6.07) is 7.67. The summed E-state index contributed by atoms with van der Waals surface area (Å²) in [5.41, 5.74) is 1.17. The molecule has 0 saturated carbocycles. The van der Waals surface area contributed by atoms with Crippen LogP contribution in [0.15, 0.2) is 46.8 Å². The highest BCUT2D eigenvalue weighted by atomic mass is 79.9. The lowest BCUT2D eigenvalue weighted by Crippen LogP contribution is -2.30. The van der Waals surface area contributed by atoms with E-state index in [9.17, 15) is 9.59 Å². The smallest absolute Gasteiger partial charge is 0.358 e. The van der Waals surface area contributed by atoms with Crippen molar-refractivity contribution in [2.24, 2.45) is 0 Å². The molecule has 0 bridgehead atoms. The molecule has 2 aromatic rings. The number of nitrogens with zero attached hydrogens (tertiary/aromatic N) is 2. The first-order valence-electron chi connectivity index (χ1n) is 7.45. The second kappa shape index (κ2) is 9.33. The third-order valence-electron chi connectivity index (χ3n) is 3.20. The van der Waals surface area contributed by atoms with E-state index in [0.29, 0.717) is 18.2 Å². The van der Waals surface area contributed by atoms with Crippen LogP contribution in [0.25, 0.3) is 0 Å². The number of carbonyl (C=O) groups excluding carboxylic acids is 2. The summed E-state index contributed by atoms with van der Waals surface area (Å²) in [7, 11) is 1.67. The average molecular weight is 424 g/mol. The summed E-state index contributed by atoms with van der Waals surface area (Å²) in [6.45, 7) is 4.27. The van der Waals surface area contributed by atoms with Crippen molar-refractivity contribution in [1.29, 1.82) is 0 Å². The standard InChI is InChI=1S/C17H18BrN3O3S/c1-3-8-19-17-20-14(11-25-17)16(23)24-10-15(22)21(2)9-12-4-6-13(18)7-5-12/h3-7,11H,1,8-10H2,2H3,(H,19,20). The minimum atomic E-state index is -0.617. The summed E-state index contributed by atoms with van der Waals surface area (Å²) in [5.74, 6) is -0.898. The van der Waals surface area contributed by atoms with Crippen molar-refractivity contribution in [3.05, 3.63) is 58.0 Å². The Bertz CT molecular complexity index is 746. The first-order valence-corrected chi connectivity index (χ1v) is 9.12. The number of rotatable bonds is 8. The molecule has 0 spiro atoms. The number of halogens is 1. The second-order valence-electron chi connectivity index (χ2n) is 5.16. The Balaban J connectivity index is 1.81. The monoisotopic (exact) mass is 423 g/mol. The molecule has 25 heavy (non-hydrogen) atoms. The molecule has 1 N–H and O–H groups in total. The Hall–Kier alpha value is -2.19. The molecule has 1 aromatic carbocycles. The van der Waals surface area contributed by atoms with Crippen molar-refractivity contribution < 1.29 is 14.3 Å². The highest BCUT2D eigenvalue weighted by Crippen LogP contribution is 2.16. The van der Waals surface area contributed by atoms with Gasteiger partial charge < -0.3 is 15.0 Å². The third kappa shape index (κ3) is 5.99. The van der Waals surface area contributed by atoms with E-state index in [1.807, 2.05) is 24.3 Å². The van der Waals surface area contributed by atoms with Gasteiger partial charge in [0, 0.05) is 30.0 Å². The zero-order valence-corrected chi connectivity index (χ0v) is 16.1. The largest absolute Gasteiger partial charge is 0.451 e. The number of thiazole rings is 1. The van der Waals surface area contributed by atoms with E-state index in [0.717, 1.165) is 10.0 Å². The normalized spacial score (nSPS) is 10.2. The molecule has 0 radical (unpaired) electrons. The lowest BCUT2D eigenvalue weighted by atomic mass is 10.2. The van der Waals surface area contributed by atoms with E-state index in [4.69, 9.17) is 4.74 Å². The molecule has 1 heterocycles. The topological polar surface area (TPSA) is 71.5 Å². The lowest BCUT2D eigenvalue weighted by molar-refractivity contribution is -0.133. The maximum absolute atomic E-state index is 12.1. The fourth-order valence-electron chi connectivity index (χ4n) is 1.87. The van der Waals surface area contributed by atoms with Crippen molar-refractivity contribution >= 4 is 44.3 Å². The summed E-state index contributed by atoms with van der Waals surface area (Å²) in [5, 5.41) is 5.18. The van der Waals surface area contributed by atoms with E-state index >= 15 is 0 Å². The fraction of sp³-hybridized carbons (Fsp3) is 0.235. The molecular weight excluding hydrogens is 406 g/mol. The van der Waals surface area contributed by atoms with Gasteiger partial charge in [0.15, 0.2) is 17.4 Å². The van der Waals surface area contributed by atoms with Gasteiger partial charge in [0.25, 0.3) is 5.91 Å². The number of nitrogens with one attached hydrogen (secondary N) is 1. The summed E-state index contributed by atoms with van der Waals surface area (Å²) in [4.78, 5) is 29.7. The van der Waals surface area contributed by atoms with Gasteiger partial charge in [-0.2, -0.15) is 0 Å². The maximum Gasteiger partial charge on any atom is 0.358 e. The number of carbonyl (C=O) groups is 2. The van der Waals surface area contributed by atoms with Gasteiger partial charge in [-0.05, 0) is 17.7 Å². The van der Waals surface area contributed by atoms with Crippen LogP contribution in [-0.2, 0) is 16.1 Å². The number of hydrogen-bond acceptors (Lipinski definition) is 6. The van der Waals surface area contributed by atoms with Gasteiger partial charge in [-0.15, -0.1) is 17.9 Å². The van der Waals surface area contributed by atoms with E-state index in [1.54, 1.807) is 18.5 Å². The molecule has 0 unspecified atom stereocenters. The number of hydrogen-bond donors (Lipinski definition) is 1. The predicted octanol–water partition coefficient (Wildman–Crippen LogP) is 3.32. The first-order chi connectivity index (χ1) is 12.0.